The van der Waals surface area contributed by atoms with Gasteiger partial charge in [-0.3, -0.25) is 4.99 Å². The molecule has 0 heterocycles. The maximum absolute atomic E-state index is 4.20. The molecule has 92 valence electrons. The number of rotatable bonds is 2. The molecule has 0 spiro atoms. The summed E-state index contributed by atoms with van der Waals surface area (Å²) in [6.07, 6.45) is 2.15. The number of aryl methyl sites for hydroxylation is 1. The molecule has 0 fully saturated rings. The van der Waals surface area contributed by atoms with Crippen LogP contribution in [0.25, 0.3) is 16.3 Å². The summed E-state index contributed by atoms with van der Waals surface area (Å²) in [7, 11) is 1.83. The van der Waals surface area contributed by atoms with Gasteiger partial charge in [0.25, 0.3) is 0 Å². The molecule has 0 aliphatic heterocycles. The van der Waals surface area contributed by atoms with Crippen molar-refractivity contribution in [3.63, 3.8) is 0 Å². The van der Waals surface area contributed by atoms with Crippen LogP contribution in [0.4, 0.5) is 0 Å². The first-order valence-electron chi connectivity index (χ1n) is 6.24. The van der Waals surface area contributed by atoms with Crippen LogP contribution < -0.4 is 0 Å². The third-order valence-electron chi connectivity index (χ3n) is 3.31. The van der Waals surface area contributed by atoms with Gasteiger partial charge in [0.1, 0.15) is 0 Å². The molecule has 2 aromatic carbocycles. The maximum Gasteiger partial charge on any atom is 0.0316 e. The number of hydrogen-bond donors (Lipinski definition) is 0. The van der Waals surface area contributed by atoms with Crippen molar-refractivity contribution < 1.29 is 0 Å². The first-order valence-corrected chi connectivity index (χ1v) is 6.24. The van der Waals surface area contributed by atoms with Crippen LogP contribution in [-0.4, -0.2) is 12.8 Å². The van der Waals surface area contributed by atoms with Crippen LogP contribution >= 0.6 is 0 Å². The van der Waals surface area contributed by atoms with E-state index in [1.807, 2.05) is 14.0 Å². The Morgan fingerprint density at radius 3 is 2.50 bits per heavy atom. The van der Waals surface area contributed by atoms with E-state index in [2.05, 4.69) is 61.3 Å². The highest BCUT2D eigenvalue weighted by molar-refractivity contribution is 6.03. The SMILES string of the molecule is CN=C(C)/C=C(\C)c1c(C)ccc2ccccc12. The number of fused-ring (bicyclic) bond motifs is 1. The highest BCUT2D eigenvalue weighted by Gasteiger charge is 2.06. The van der Waals surface area contributed by atoms with E-state index in [1.54, 1.807) is 0 Å². The van der Waals surface area contributed by atoms with Crippen molar-refractivity contribution in [1.82, 2.24) is 0 Å². The van der Waals surface area contributed by atoms with E-state index in [-0.39, 0.29) is 0 Å². The molecule has 0 saturated heterocycles. The second-order valence-electron chi connectivity index (χ2n) is 4.67. The van der Waals surface area contributed by atoms with Gasteiger partial charge >= 0.3 is 0 Å². The number of allylic oxidation sites excluding steroid dienone is 2. The van der Waals surface area contributed by atoms with Crippen molar-refractivity contribution in [2.45, 2.75) is 20.8 Å². The van der Waals surface area contributed by atoms with Crippen LogP contribution in [0.1, 0.15) is 25.0 Å². The summed E-state index contributed by atoms with van der Waals surface area (Å²) in [6, 6.07) is 12.9. The van der Waals surface area contributed by atoms with Gasteiger partial charge in [-0.1, -0.05) is 36.4 Å². The van der Waals surface area contributed by atoms with Gasteiger partial charge in [-0.05, 0) is 54.3 Å². The average molecular weight is 237 g/mol. The lowest BCUT2D eigenvalue weighted by atomic mass is 9.94. The van der Waals surface area contributed by atoms with Crippen molar-refractivity contribution in [2.24, 2.45) is 4.99 Å². The van der Waals surface area contributed by atoms with Crippen LogP contribution in [0, 0.1) is 6.92 Å². The second kappa shape index (κ2) is 5.18. The molecule has 2 aromatic rings. The third-order valence-corrected chi connectivity index (χ3v) is 3.31. The van der Waals surface area contributed by atoms with Crippen molar-refractivity contribution >= 4 is 22.1 Å². The molecule has 0 bridgehead atoms. The summed E-state index contributed by atoms with van der Waals surface area (Å²) in [4.78, 5) is 4.20. The minimum absolute atomic E-state index is 1.06. The molecule has 0 atom stereocenters. The highest BCUT2D eigenvalue weighted by atomic mass is 14.7. The lowest BCUT2D eigenvalue weighted by molar-refractivity contribution is 1.42. The smallest absolute Gasteiger partial charge is 0.0316 e. The number of benzene rings is 2. The van der Waals surface area contributed by atoms with Crippen LogP contribution in [0.2, 0.25) is 0 Å². The highest BCUT2D eigenvalue weighted by Crippen LogP contribution is 2.28. The molecule has 0 amide bonds. The van der Waals surface area contributed by atoms with Gasteiger partial charge in [0.2, 0.25) is 0 Å². The Morgan fingerprint density at radius 1 is 1.06 bits per heavy atom. The summed E-state index contributed by atoms with van der Waals surface area (Å²) in [5.41, 5.74) is 4.97. The number of nitrogens with zero attached hydrogens (tertiary/aromatic N) is 1. The second-order valence-corrected chi connectivity index (χ2v) is 4.67. The summed E-state index contributed by atoms with van der Waals surface area (Å²) >= 11 is 0. The van der Waals surface area contributed by atoms with Gasteiger partial charge in [-0.2, -0.15) is 0 Å². The quantitative estimate of drug-likeness (QED) is 0.675. The average Bonchev–Trinajstić information content (AvgIpc) is 2.38. The number of aliphatic imine (C=N–C) groups is 1. The zero-order valence-electron chi connectivity index (χ0n) is 11.5. The normalized spacial score (nSPS) is 13.1. The Morgan fingerprint density at radius 2 is 1.78 bits per heavy atom. The van der Waals surface area contributed by atoms with Gasteiger partial charge in [0, 0.05) is 12.8 Å². The Labute approximate surface area is 109 Å². The lowest BCUT2D eigenvalue weighted by Crippen LogP contribution is -1.92. The van der Waals surface area contributed by atoms with Gasteiger partial charge in [-0.25, -0.2) is 0 Å². The number of hydrogen-bond acceptors (Lipinski definition) is 1. The van der Waals surface area contributed by atoms with Gasteiger partial charge in [-0.15, -0.1) is 0 Å². The van der Waals surface area contributed by atoms with Crippen LogP contribution in [-0.2, 0) is 0 Å². The molecular weight excluding hydrogens is 218 g/mol. The van der Waals surface area contributed by atoms with E-state index >= 15 is 0 Å². The van der Waals surface area contributed by atoms with E-state index in [0.29, 0.717) is 0 Å². The first-order chi connectivity index (χ1) is 8.63. The minimum Gasteiger partial charge on any atom is -0.293 e. The predicted octanol–water partition coefficient (Wildman–Crippen LogP) is 4.64. The van der Waals surface area contributed by atoms with Gasteiger partial charge in [0.05, 0.1) is 0 Å². The zero-order valence-corrected chi connectivity index (χ0v) is 11.5. The Balaban J connectivity index is 2.70. The zero-order chi connectivity index (χ0) is 13.1. The predicted molar refractivity (Wildman–Crippen MR) is 81.4 cm³/mol. The van der Waals surface area contributed by atoms with Crippen LogP contribution in [0.15, 0.2) is 47.5 Å². The fraction of sp³-hybridized carbons (Fsp3) is 0.235. The van der Waals surface area contributed by atoms with E-state index in [4.69, 9.17) is 0 Å². The molecule has 0 aromatic heterocycles. The maximum atomic E-state index is 4.20. The molecule has 0 aliphatic carbocycles. The lowest BCUT2D eigenvalue weighted by Gasteiger charge is -2.11. The largest absolute Gasteiger partial charge is 0.293 e. The monoisotopic (exact) mass is 237 g/mol. The molecule has 0 N–H and O–H groups in total. The van der Waals surface area contributed by atoms with E-state index in [0.717, 1.165) is 5.71 Å². The first kappa shape index (κ1) is 12.6. The van der Waals surface area contributed by atoms with Crippen molar-refractivity contribution in [1.29, 1.82) is 0 Å². The third kappa shape index (κ3) is 2.35. The Kier molecular flexibility index (Phi) is 3.61. The molecule has 18 heavy (non-hydrogen) atoms. The molecule has 2 rings (SSSR count). The van der Waals surface area contributed by atoms with Crippen molar-refractivity contribution in [3.8, 4) is 0 Å². The van der Waals surface area contributed by atoms with Crippen LogP contribution in [0.5, 0.6) is 0 Å². The van der Waals surface area contributed by atoms with E-state index < -0.39 is 0 Å². The molecule has 0 aliphatic rings. The molecule has 1 nitrogen and oxygen atoms in total. The Bertz CT molecular complexity index is 633. The van der Waals surface area contributed by atoms with Crippen LogP contribution in [0.3, 0.4) is 0 Å². The van der Waals surface area contributed by atoms with E-state index in [1.165, 1.54) is 27.5 Å². The van der Waals surface area contributed by atoms with Crippen molar-refractivity contribution in [3.05, 3.63) is 53.6 Å². The topological polar surface area (TPSA) is 12.4 Å². The summed E-state index contributed by atoms with van der Waals surface area (Å²) < 4.78 is 0. The standard InChI is InChI=1S/C17H19N/c1-12-9-10-15-7-5-6-8-16(15)17(12)13(2)11-14(3)18-4/h5-11H,1-4H3/b13-11+,18-14?. The molecule has 0 unspecified atom stereocenters. The fourth-order valence-corrected chi connectivity index (χ4v) is 2.35. The molecular formula is C17H19N. The summed E-state index contributed by atoms with van der Waals surface area (Å²) in [5.74, 6) is 0. The Hall–Kier alpha value is -1.89. The molecule has 0 radical (unpaired) electrons. The van der Waals surface area contributed by atoms with Gasteiger partial charge < -0.3 is 0 Å². The summed E-state index contributed by atoms with van der Waals surface area (Å²) in [6.45, 7) is 6.35. The fourth-order valence-electron chi connectivity index (χ4n) is 2.35. The molecule has 0 saturated carbocycles. The minimum atomic E-state index is 1.06. The molecule has 1 heteroatoms. The summed E-state index contributed by atoms with van der Waals surface area (Å²) in [5, 5.41) is 2.60. The van der Waals surface area contributed by atoms with Crippen molar-refractivity contribution in [2.75, 3.05) is 7.05 Å². The van der Waals surface area contributed by atoms with Gasteiger partial charge in [0.15, 0.2) is 0 Å². The van der Waals surface area contributed by atoms with E-state index in [9.17, 15) is 0 Å².